The zero-order valence-corrected chi connectivity index (χ0v) is 11.3. The third kappa shape index (κ3) is 3.12. The average Bonchev–Trinajstić information content (AvgIpc) is 2.47. The van der Waals surface area contributed by atoms with Crippen LogP contribution in [0.5, 0.6) is 5.75 Å². The van der Waals surface area contributed by atoms with Crippen LogP contribution in [0.2, 0.25) is 0 Å². The summed E-state index contributed by atoms with van der Waals surface area (Å²) in [5.41, 5.74) is 0.897. The van der Waals surface area contributed by atoms with Crippen LogP contribution in [-0.4, -0.2) is 18.0 Å². The number of nitrogens with one attached hydrogen (secondary N) is 1. The fourth-order valence-electron chi connectivity index (χ4n) is 1.82. The molecule has 2 rings (SSSR count). The molecule has 1 amide bonds. The predicted octanol–water partition coefficient (Wildman–Crippen LogP) is 2.72. The smallest absolute Gasteiger partial charge is 0.254 e. The van der Waals surface area contributed by atoms with Gasteiger partial charge in [-0.3, -0.25) is 9.78 Å². The van der Waals surface area contributed by atoms with Crippen molar-refractivity contribution < 1.29 is 13.9 Å². The first kappa shape index (κ1) is 14.0. The molecule has 0 saturated carbocycles. The maximum Gasteiger partial charge on any atom is 0.254 e. The largest absolute Gasteiger partial charge is 0.497 e. The summed E-state index contributed by atoms with van der Waals surface area (Å²) >= 11 is 0. The van der Waals surface area contributed by atoms with E-state index < -0.39 is 11.7 Å². The second-order valence-corrected chi connectivity index (χ2v) is 4.32. The molecule has 1 heterocycles. The number of hydrogen-bond donors (Lipinski definition) is 1. The van der Waals surface area contributed by atoms with Gasteiger partial charge in [-0.2, -0.15) is 0 Å². The topological polar surface area (TPSA) is 51.2 Å². The summed E-state index contributed by atoms with van der Waals surface area (Å²) in [4.78, 5) is 16.0. The van der Waals surface area contributed by atoms with Crippen LogP contribution < -0.4 is 10.1 Å². The Kier molecular flexibility index (Phi) is 4.30. The van der Waals surface area contributed by atoms with E-state index in [1.807, 2.05) is 6.92 Å². The highest BCUT2D eigenvalue weighted by Crippen LogP contribution is 2.17. The highest BCUT2D eigenvalue weighted by Gasteiger charge is 2.15. The van der Waals surface area contributed by atoms with Crippen molar-refractivity contribution in [3.05, 3.63) is 59.7 Å². The Labute approximate surface area is 116 Å². The van der Waals surface area contributed by atoms with Gasteiger partial charge in [0.15, 0.2) is 0 Å². The van der Waals surface area contributed by atoms with Gasteiger partial charge in [0.2, 0.25) is 0 Å². The van der Waals surface area contributed by atoms with E-state index in [1.165, 1.54) is 19.2 Å². The van der Waals surface area contributed by atoms with E-state index in [2.05, 4.69) is 10.3 Å². The molecule has 0 aliphatic carbocycles. The highest BCUT2D eigenvalue weighted by atomic mass is 19.1. The van der Waals surface area contributed by atoms with Gasteiger partial charge in [-0.1, -0.05) is 0 Å². The lowest BCUT2D eigenvalue weighted by molar-refractivity contribution is 0.0935. The van der Waals surface area contributed by atoms with E-state index in [0.717, 1.165) is 5.56 Å². The summed E-state index contributed by atoms with van der Waals surface area (Å²) in [6, 6.07) is 7.51. The first-order valence-corrected chi connectivity index (χ1v) is 6.16. The van der Waals surface area contributed by atoms with Crippen LogP contribution >= 0.6 is 0 Å². The molecule has 1 aromatic heterocycles. The number of nitrogens with zero attached hydrogens (tertiary/aromatic N) is 1. The molecule has 1 unspecified atom stereocenters. The lowest BCUT2D eigenvalue weighted by Crippen LogP contribution is -2.27. The lowest BCUT2D eigenvalue weighted by Gasteiger charge is -2.14. The first-order valence-electron chi connectivity index (χ1n) is 6.16. The minimum Gasteiger partial charge on any atom is -0.497 e. The summed E-state index contributed by atoms with van der Waals surface area (Å²) in [5.74, 6) is -0.695. The van der Waals surface area contributed by atoms with E-state index in [4.69, 9.17) is 4.74 Å². The van der Waals surface area contributed by atoms with Crippen LogP contribution in [0, 0.1) is 5.82 Å². The van der Waals surface area contributed by atoms with Crippen molar-refractivity contribution in [2.24, 2.45) is 0 Å². The van der Waals surface area contributed by atoms with Gasteiger partial charge in [0.1, 0.15) is 11.6 Å². The Balaban J connectivity index is 2.12. The molecule has 0 spiro atoms. The molecule has 2 aromatic rings. The normalized spacial score (nSPS) is 11.8. The number of carbonyl (C=O) groups is 1. The van der Waals surface area contributed by atoms with Gasteiger partial charge in [-0.25, -0.2) is 4.39 Å². The second kappa shape index (κ2) is 6.14. The van der Waals surface area contributed by atoms with Crippen LogP contribution in [0.15, 0.2) is 42.7 Å². The molecule has 1 N–H and O–H groups in total. The van der Waals surface area contributed by atoms with Crippen molar-refractivity contribution in [2.75, 3.05) is 7.11 Å². The molecule has 0 radical (unpaired) electrons. The summed E-state index contributed by atoms with van der Waals surface area (Å²) in [5, 5.41) is 2.74. The van der Waals surface area contributed by atoms with E-state index in [-0.39, 0.29) is 11.6 Å². The summed E-state index contributed by atoms with van der Waals surface area (Å²) in [7, 11) is 1.44. The fourth-order valence-corrected chi connectivity index (χ4v) is 1.82. The van der Waals surface area contributed by atoms with Crippen molar-refractivity contribution in [3.63, 3.8) is 0 Å². The van der Waals surface area contributed by atoms with Gasteiger partial charge >= 0.3 is 0 Å². The Hall–Kier alpha value is -2.43. The van der Waals surface area contributed by atoms with Gasteiger partial charge in [-0.15, -0.1) is 0 Å². The number of benzene rings is 1. The maximum absolute atomic E-state index is 13.8. The van der Waals surface area contributed by atoms with Crippen LogP contribution in [0.1, 0.15) is 28.9 Å². The van der Waals surface area contributed by atoms with Crippen molar-refractivity contribution in [1.82, 2.24) is 10.3 Å². The SMILES string of the molecule is COc1ccc(C(=O)NC(C)c2ccncc2)c(F)c1. The molecule has 0 fully saturated rings. The standard InChI is InChI=1S/C15H15FN2O2/c1-10(11-5-7-17-8-6-11)18-15(19)13-4-3-12(20-2)9-14(13)16/h3-10H,1-2H3,(H,18,19). The van der Waals surface area contributed by atoms with Gasteiger partial charge in [0.25, 0.3) is 5.91 Å². The molecule has 0 aliphatic rings. The number of carbonyl (C=O) groups excluding carboxylic acids is 1. The first-order chi connectivity index (χ1) is 9.61. The van der Waals surface area contributed by atoms with Crippen LogP contribution in [0.4, 0.5) is 4.39 Å². The molecule has 1 aromatic carbocycles. The highest BCUT2D eigenvalue weighted by molar-refractivity contribution is 5.94. The van der Waals surface area contributed by atoms with Gasteiger partial charge in [0, 0.05) is 18.5 Å². The van der Waals surface area contributed by atoms with Crippen molar-refractivity contribution in [1.29, 1.82) is 0 Å². The second-order valence-electron chi connectivity index (χ2n) is 4.32. The third-order valence-electron chi connectivity index (χ3n) is 2.97. The Morgan fingerprint density at radius 3 is 2.60 bits per heavy atom. The Morgan fingerprint density at radius 1 is 1.30 bits per heavy atom. The number of ether oxygens (including phenoxy) is 1. The van der Waals surface area contributed by atoms with Crippen LogP contribution in [-0.2, 0) is 0 Å². The van der Waals surface area contributed by atoms with Crippen molar-refractivity contribution in [2.45, 2.75) is 13.0 Å². The lowest BCUT2D eigenvalue weighted by atomic mass is 10.1. The summed E-state index contributed by atoms with van der Waals surface area (Å²) < 4.78 is 18.7. The number of rotatable bonds is 4. The molecule has 0 bridgehead atoms. The monoisotopic (exact) mass is 274 g/mol. The number of aromatic nitrogens is 1. The number of amides is 1. The molecule has 1 atom stereocenters. The molecule has 20 heavy (non-hydrogen) atoms. The third-order valence-corrected chi connectivity index (χ3v) is 2.97. The van der Waals surface area contributed by atoms with Gasteiger partial charge in [0.05, 0.1) is 18.7 Å². The molecular formula is C15H15FN2O2. The molecule has 0 saturated heterocycles. The molecule has 0 aliphatic heterocycles. The zero-order valence-electron chi connectivity index (χ0n) is 11.3. The fraction of sp³-hybridized carbons (Fsp3) is 0.200. The van der Waals surface area contributed by atoms with E-state index in [0.29, 0.717) is 5.75 Å². The van der Waals surface area contributed by atoms with Crippen LogP contribution in [0.3, 0.4) is 0 Å². The van der Waals surface area contributed by atoms with E-state index >= 15 is 0 Å². The van der Waals surface area contributed by atoms with Crippen molar-refractivity contribution >= 4 is 5.91 Å². The number of halogens is 1. The number of pyridine rings is 1. The Bertz CT molecular complexity index is 602. The van der Waals surface area contributed by atoms with Gasteiger partial charge < -0.3 is 10.1 Å². The van der Waals surface area contributed by atoms with Crippen molar-refractivity contribution in [3.8, 4) is 5.75 Å². The van der Waals surface area contributed by atoms with Gasteiger partial charge in [-0.05, 0) is 36.8 Å². The molecule has 4 nitrogen and oxygen atoms in total. The molecular weight excluding hydrogens is 259 g/mol. The summed E-state index contributed by atoms with van der Waals surface area (Å²) in [6.07, 6.45) is 3.29. The quantitative estimate of drug-likeness (QED) is 0.932. The van der Waals surface area contributed by atoms with Crippen LogP contribution in [0.25, 0.3) is 0 Å². The summed E-state index contributed by atoms with van der Waals surface area (Å²) in [6.45, 7) is 1.83. The molecule has 5 heteroatoms. The van der Waals surface area contributed by atoms with E-state index in [1.54, 1.807) is 30.6 Å². The minimum absolute atomic E-state index is 0.00768. The zero-order chi connectivity index (χ0) is 14.5. The number of methoxy groups -OCH3 is 1. The Morgan fingerprint density at radius 2 is 2.00 bits per heavy atom. The van der Waals surface area contributed by atoms with E-state index in [9.17, 15) is 9.18 Å². The molecule has 104 valence electrons. The maximum atomic E-state index is 13.8. The number of hydrogen-bond acceptors (Lipinski definition) is 3. The predicted molar refractivity (Wildman–Crippen MR) is 73.1 cm³/mol. The minimum atomic E-state index is -0.608. The average molecular weight is 274 g/mol.